The van der Waals surface area contributed by atoms with Crippen LogP contribution in [0.2, 0.25) is 0 Å². The van der Waals surface area contributed by atoms with Crippen LogP contribution in [0.1, 0.15) is 51.3 Å². The second-order valence-corrected chi connectivity index (χ2v) is 9.13. The molecule has 5 rings (SSSR count). The molecule has 2 aliphatic rings. The number of alkyl halides is 1. The summed E-state index contributed by atoms with van der Waals surface area (Å²) in [5.41, 5.74) is 5.30. The highest BCUT2D eigenvalue weighted by atomic mass is 19.1. The quantitative estimate of drug-likeness (QED) is 0.393. The second-order valence-electron chi connectivity index (χ2n) is 9.13. The van der Waals surface area contributed by atoms with Crippen LogP contribution in [0.4, 0.5) is 4.39 Å². The Bertz CT molecular complexity index is 1280. The van der Waals surface area contributed by atoms with E-state index in [9.17, 15) is 0 Å². The van der Waals surface area contributed by atoms with Gasteiger partial charge >= 0.3 is 0 Å². The molecule has 1 unspecified atom stereocenters. The van der Waals surface area contributed by atoms with E-state index in [-0.39, 0.29) is 0 Å². The topological polar surface area (TPSA) is 46.5 Å². The van der Waals surface area contributed by atoms with Gasteiger partial charge in [-0.2, -0.15) is 5.10 Å². The monoisotopic (exact) mass is 454 g/mol. The van der Waals surface area contributed by atoms with Crippen molar-refractivity contribution in [2.24, 2.45) is 5.92 Å². The molecule has 1 N–H and O–H groups in total. The second kappa shape index (κ2) is 10.2. The Morgan fingerprint density at radius 3 is 2.82 bits per heavy atom. The van der Waals surface area contributed by atoms with Crippen LogP contribution in [0.25, 0.3) is 22.3 Å². The van der Waals surface area contributed by atoms with E-state index in [1.54, 1.807) is 10.9 Å². The van der Waals surface area contributed by atoms with E-state index in [1.165, 1.54) is 32.1 Å². The first kappa shape index (κ1) is 22.3. The predicted molar refractivity (Wildman–Crippen MR) is 137 cm³/mol. The van der Waals surface area contributed by atoms with E-state index in [4.69, 9.17) is 0 Å². The highest BCUT2D eigenvalue weighted by Gasteiger charge is 2.23. The number of halogens is 1. The lowest BCUT2D eigenvalue weighted by atomic mass is 9.88. The molecule has 174 valence electrons. The van der Waals surface area contributed by atoms with Crippen LogP contribution in [0.5, 0.6) is 0 Å². The van der Waals surface area contributed by atoms with Gasteiger partial charge in [-0.1, -0.05) is 61.8 Å². The standard InChI is InChI=1S/C29H31FN4/c1-2-8-22(12-6-11-21-9-4-3-5-10-21)23-13-15-25(26(30)19-23)29-32-27-16-14-24(20-28(27)33-29)34-18-7-17-31-34/h2,6-8,11-18,20-21,26H,3-5,9-10,19H2,1H3,(H,32,33)/b8-2-,11-6+,22-12+. The van der Waals surface area contributed by atoms with Crippen molar-refractivity contribution in [1.29, 1.82) is 0 Å². The van der Waals surface area contributed by atoms with Crippen LogP contribution in [-0.2, 0) is 0 Å². The van der Waals surface area contributed by atoms with Crippen LogP contribution < -0.4 is 0 Å². The van der Waals surface area contributed by atoms with Gasteiger partial charge in [0.1, 0.15) is 12.0 Å². The summed E-state index contributed by atoms with van der Waals surface area (Å²) >= 11 is 0. The Morgan fingerprint density at radius 2 is 2.06 bits per heavy atom. The maximum Gasteiger partial charge on any atom is 0.137 e. The third-order valence-corrected chi connectivity index (χ3v) is 6.73. The maximum absolute atomic E-state index is 15.4. The van der Waals surface area contributed by atoms with Crippen molar-refractivity contribution >= 4 is 16.6 Å². The van der Waals surface area contributed by atoms with Gasteiger partial charge in [0.25, 0.3) is 0 Å². The van der Waals surface area contributed by atoms with E-state index in [0.29, 0.717) is 23.7 Å². The first-order chi connectivity index (χ1) is 16.7. The number of H-pyrrole nitrogens is 1. The number of nitrogens with zero attached hydrogens (tertiary/aromatic N) is 3. The minimum absolute atomic E-state index is 0.342. The van der Waals surface area contributed by atoms with Gasteiger partial charge in [0.2, 0.25) is 0 Å². The molecule has 0 bridgehead atoms. The number of hydrogen-bond acceptors (Lipinski definition) is 2. The van der Waals surface area contributed by atoms with Crippen molar-refractivity contribution in [3.05, 3.63) is 96.2 Å². The summed E-state index contributed by atoms with van der Waals surface area (Å²) in [6, 6.07) is 7.78. The SMILES string of the molecule is C\C=C/C(=C\C=C\C1CCCCC1)C1=CC=C(c2nc3ccc(-n4cccn4)cc3[nH]2)C(F)C1. The fourth-order valence-electron chi connectivity index (χ4n) is 4.90. The number of allylic oxidation sites excluding steroid dienone is 10. The highest BCUT2D eigenvalue weighted by molar-refractivity contribution is 5.82. The van der Waals surface area contributed by atoms with Gasteiger partial charge < -0.3 is 4.98 Å². The van der Waals surface area contributed by atoms with Gasteiger partial charge in [-0.15, -0.1) is 0 Å². The molecule has 2 aliphatic carbocycles. The summed E-state index contributed by atoms with van der Waals surface area (Å²) in [4.78, 5) is 7.96. The zero-order valence-electron chi connectivity index (χ0n) is 19.6. The van der Waals surface area contributed by atoms with Crippen molar-refractivity contribution in [2.75, 3.05) is 0 Å². The van der Waals surface area contributed by atoms with Gasteiger partial charge in [-0.25, -0.2) is 14.1 Å². The lowest BCUT2D eigenvalue weighted by Crippen LogP contribution is -2.11. The van der Waals surface area contributed by atoms with E-state index in [2.05, 4.69) is 39.4 Å². The van der Waals surface area contributed by atoms with E-state index in [1.807, 2.05) is 55.6 Å². The molecule has 4 nitrogen and oxygen atoms in total. The summed E-state index contributed by atoms with van der Waals surface area (Å²) in [5, 5.41) is 4.28. The Hall–Kier alpha value is -3.47. The average Bonchev–Trinajstić information content (AvgIpc) is 3.54. The normalized spacial score (nSPS) is 20.4. The van der Waals surface area contributed by atoms with Crippen LogP contribution in [0, 0.1) is 5.92 Å². The largest absolute Gasteiger partial charge is 0.338 e. The van der Waals surface area contributed by atoms with E-state index >= 15 is 4.39 Å². The van der Waals surface area contributed by atoms with Crippen molar-refractivity contribution in [1.82, 2.24) is 19.7 Å². The lowest BCUT2D eigenvalue weighted by Gasteiger charge is -2.19. The first-order valence-electron chi connectivity index (χ1n) is 12.3. The fourth-order valence-corrected chi connectivity index (χ4v) is 4.90. The Labute approximate surface area is 200 Å². The Morgan fingerprint density at radius 1 is 1.18 bits per heavy atom. The van der Waals surface area contributed by atoms with Gasteiger partial charge in [0.05, 0.1) is 16.7 Å². The summed E-state index contributed by atoms with van der Waals surface area (Å²) in [6.45, 7) is 2.00. The van der Waals surface area contributed by atoms with Crippen LogP contribution in [0.15, 0.2) is 90.3 Å². The van der Waals surface area contributed by atoms with E-state index < -0.39 is 6.17 Å². The molecule has 1 fully saturated rings. The number of imidazole rings is 1. The van der Waals surface area contributed by atoms with Gasteiger partial charge in [0.15, 0.2) is 0 Å². The molecule has 0 amide bonds. The number of benzene rings is 1. The molecule has 1 saturated carbocycles. The molecule has 0 aliphatic heterocycles. The molecular weight excluding hydrogens is 423 g/mol. The van der Waals surface area contributed by atoms with Gasteiger partial charge in [-0.05, 0) is 61.1 Å². The summed E-state index contributed by atoms with van der Waals surface area (Å²) in [7, 11) is 0. The minimum atomic E-state index is -1.11. The third-order valence-electron chi connectivity index (χ3n) is 6.73. The molecule has 0 saturated heterocycles. The zero-order valence-corrected chi connectivity index (χ0v) is 19.6. The number of aromatic amines is 1. The average molecular weight is 455 g/mol. The number of aromatic nitrogens is 4. The predicted octanol–water partition coefficient (Wildman–Crippen LogP) is 7.44. The van der Waals surface area contributed by atoms with Gasteiger partial charge in [-0.3, -0.25) is 0 Å². The number of fused-ring (bicyclic) bond motifs is 1. The molecule has 5 heteroatoms. The van der Waals surface area contributed by atoms with Crippen molar-refractivity contribution in [3.63, 3.8) is 0 Å². The van der Waals surface area contributed by atoms with Crippen LogP contribution in [0.3, 0.4) is 0 Å². The number of rotatable bonds is 6. The van der Waals surface area contributed by atoms with Crippen molar-refractivity contribution < 1.29 is 4.39 Å². The van der Waals surface area contributed by atoms with E-state index in [0.717, 1.165) is 27.9 Å². The van der Waals surface area contributed by atoms with Crippen LogP contribution in [-0.4, -0.2) is 25.9 Å². The Balaban J connectivity index is 1.39. The van der Waals surface area contributed by atoms with Gasteiger partial charge in [0, 0.05) is 24.4 Å². The van der Waals surface area contributed by atoms with Crippen molar-refractivity contribution in [2.45, 2.75) is 51.6 Å². The molecule has 2 heterocycles. The minimum Gasteiger partial charge on any atom is -0.338 e. The molecular formula is C29H31FN4. The summed E-state index contributed by atoms with van der Waals surface area (Å²) < 4.78 is 17.2. The molecule has 3 aromatic rings. The molecule has 0 radical (unpaired) electrons. The molecule has 1 atom stereocenters. The highest BCUT2D eigenvalue weighted by Crippen LogP contribution is 2.33. The number of hydrogen-bond donors (Lipinski definition) is 1. The molecule has 34 heavy (non-hydrogen) atoms. The van der Waals surface area contributed by atoms with Crippen molar-refractivity contribution in [3.8, 4) is 5.69 Å². The molecule has 2 aromatic heterocycles. The smallest absolute Gasteiger partial charge is 0.137 e. The zero-order chi connectivity index (χ0) is 23.3. The van der Waals surface area contributed by atoms with Crippen LogP contribution >= 0.6 is 0 Å². The molecule has 0 spiro atoms. The summed E-state index contributed by atoms with van der Waals surface area (Å²) in [5.74, 6) is 1.27. The summed E-state index contributed by atoms with van der Waals surface area (Å²) in [6.07, 6.45) is 24.1. The maximum atomic E-state index is 15.4. The molecule has 1 aromatic carbocycles. The third kappa shape index (κ3) is 4.89. The fraction of sp³-hybridized carbons (Fsp3) is 0.310. The lowest BCUT2D eigenvalue weighted by molar-refractivity contribution is 0.407. The number of nitrogens with one attached hydrogen (secondary N) is 1. The first-order valence-corrected chi connectivity index (χ1v) is 12.3. The Kier molecular flexibility index (Phi) is 6.70.